The minimum Gasteiger partial charge on any atom is -0.461 e. The van der Waals surface area contributed by atoms with Crippen molar-refractivity contribution >= 4 is 51.0 Å². The van der Waals surface area contributed by atoms with E-state index in [1.165, 1.54) is 15.9 Å². The number of carbonyl (C=O) groups excluding carboxylic acids is 3. The van der Waals surface area contributed by atoms with Crippen LogP contribution < -0.4 is 4.90 Å². The molecule has 3 aliphatic rings. The number of aliphatic hydroxyl groups is 1. The molecule has 1 N–H and O–H groups in total. The van der Waals surface area contributed by atoms with Crippen LogP contribution in [0.1, 0.15) is 12.0 Å². The van der Waals surface area contributed by atoms with Gasteiger partial charge in [0.1, 0.15) is 18.2 Å². The van der Waals surface area contributed by atoms with Crippen molar-refractivity contribution in [1.82, 2.24) is 4.90 Å². The molecule has 1 aromatic rings. The smallest absolute Gasteiger partial charge is 0.312 e. The molecule has 3 heterocycles. The summed E-state index contributed by atoms with van der Waals surface area (Å²) in [4.78, 5) is 43.5. The van der Waals surface area contributed by atoms with Gasteiger partial charge in [-0.05, 0) is 25.0 Å². The van der Waals surface area contributed by atoms with Gasteiger partial charge in [0, 0.05) is 17.9 Å². The van der Waals surface area contributed by atoms with Crippen molar-refractivity contribution < 1.29 is 29.0 Å². The first-order valence-corrected chi connectivity index (χ1v) is 12.7. The first-order chi connectivity index (χ1) is 16.7. The second-order valence-corrected chi connectivity index (χ2v) is 10.6. The van der Waals surface area contributed by atoms with E-state index in [4.69, 9.17) is 21.1 Å². The number of para-hydroxylation sites is 1. The largest absolute Gasteiger partial charge is 0.461 e. The molecule has 3 saturated heterocycles. The Kier molecular flexibility index (Phi) is 7.43. The van der Waals surface area contributed by atoms with Crippen LogP contribution in [0.4, 0.5) is 5.69 Å². The Morgan fingerprint density at radius 1 is 1.40 bits per heavy atom. The summed E-state index contributed by atoms with van der Waals surface area (Å²) in [5, 5.41) is 10.1. The van der Waals surface area contributed by atoms with E-state index in [-0.39, 0.29) is 31.1 Å². The molecule has 35 heavy (non-hydrogen) atoms. The SMILES string of the molecule is C=CCOC(=O)[C@H]1[C@H]2C(=O)N(CCO)C(C(=O)N(CC=C)c3c(C)cccc3Cl)C23CC(Br)[C@@H]1O3. The zero-order valence-corrected chi connectivity index (χ0v) is 21.7. The van der Waals surface area contributed by atoms with Gasteiger partial charge in [-0.15, -0.1) is 6.58 Å². The number of anilines is 1. The Morgan fingerprint density at radius 3 is 2.77 bits per heavy atom. The predicted octanol–water partition coefficient (Wildman–Crippen LogP) is 2.64. The Hall–Kier alpha value is -2.20. The van der Waals surface area contributed by atoms with Crippen LogP contribution in [0.25, 0.3) is 0 Å². The lowest BCUT2D eigenvalue weighted by atomic mass is 9.70. The monoisotopic (exact) mass is 566 g/mol. The van der Waals surface area contributed by atoms with Crippen LogP contribution in [0.15, 0.2) is 43.5 Å². The minimum atomic E-state index is -1.26. The number of fused-ring (bicyclic) bond motifs is 1. The summed E-state index contributed by atoms with van der Waals surface area (Å²) in [7, 11) is 0. The maximum Gasteiger partial charge on any atom is 0.312 e. The lowest BCUT2D eigenvalue weighted by Gasteiger charge is -2.37. The van der Waals surface area contributed by atoms with E-state index in [2.05, 4.69) is 29.1 Å². The Labute approximate surface area is 217 Å². The molecular formula is C25H28BrClN2O6. The fourth-order valence-corrected chi connectivity index (χ4v) is 7.06. The summed E-state index contributed by atoms with van der Waals surface area (Å²) in [5.41, 5.74) is 0.0371. The van der Waals surface area contributed by atoms with Gasteiger partial charge < -0.3 is 24.4 Å². The van der Waals surface area contributed by atoms with E-state index in [1.54, 1.807) is 18.2 Å². The van der Waals surface area contributed by atoms with Gasteiger partial charge in [-0.2, -0.15) is 0 Å². The summed E-state index contributed by atoms with van der Waals surface area (Å²) in [6.45, 7) is 8.92. The molecule has 3 aliphatic heterocycles. The van der Waals surface area contributed by atoms with E-state index in [1.807, 2.05) is 13.0 Å². The molecule has 1 aromatic carbocycles. The van der Waals surface area contributed by atoms with Gasteiger partial charge in [-0.3, -0.25) is 14.4 Å². The van der Waals surface area contributed by atoms with E-state index in [0.717, 1.165) is 5.56 Å². The highest BCUT2D eigenvalue weighted by molar-refractivity contribution is 9.09. The van der Waals surface area contributed by atoms with E-state index >= 15 is 0 Å². The molecule has 3 fully saturated rings. The summed E-state index contributed by atoms with van der Waals surface area (Å²) < 4.78 is 11.7. The zero-order valence-electron chi connectivity index (χ0n) is 19.4. The fourth-order valence-electron chi connectivity index (χ4n) is 5.80. The summed E-state index contributed by atoms with van der Waals surface area (Å²) >= 11 is 10.1. The molecule has 0 aromatic heterocycles. The third-order valence-electron chi connectivity index (χ3n) is 7.02. The average molecular weight is 568 g/mol. The number of likely N-dealkylation sites (tertiary alicyclic amines) is 1. The lowest BCUT2D eigenvalue weighted by Crippen LogP contribution is -2.57. The average Bonchev–Trinajstić information content (AvgIpc) is 3.40. The molecule has 3 unspecified atom stereocenters. The number of hydrogen-bond donors (Lipinski definition) is 1. The normalized spacial score (nSPS) is 30.8. The van der Waals surface area contributed by atoms with Crippen LogP contribution in [0.5, 0.6) is 0 Å². The molecular weight excluding hydrogens is 540 g/mol. The summed E-state index contributed by atoms with van der Waals surface area (Å²) in [6, 6.07) is 4.26. The molecule has 188 valence electrons. The van der Waals surface area contributed by atoms with Gasteiger partial charge in [0.2, 0.25) is 5.91 Å². The van der Waals surface area contributed by atoms with Crippen LogP contribution in [0, 0.1) is 18.8 Å². The van der Waals surface area contributed by atoms with E-state index in [9.17, 15) is 19.5 Å². The number of esters is 1. The van der Waals surface area contributed by atoms with Crippen LogP contribution >= 0.6 is 27.5 Å². The van der Waals surface area contributed by atoms with Crippen LogP contribution in [-0.4, -0.2) is 76.7 Å². The van der Waals surface area contributed by atoms with Gasteiger partial charge in [-0.1, -0.05) is 58.4 Å². The van der Waals surface area contributed by atoms with Crippen molar-refractivity contribution in [2.75, 3.05) is 31.2 Å². The maximum atomic E-state index is 14.3. The first kappa shape index (κ1) is 25.9. The number of alkyl halides is 1. The van der Waals surface area contributed by atoms with Crippen molar-refractivity contribution in [2.24, 2.45) is 11.8 Å². The van der Waals surface area contributed by atoms with Crippen LogP contribution in [0.3, 0.4) is 0 Å². The third kappa shape index (κ3) is 4.02. The molecule has 6 atom stereocenters. The molecule has 0 radical (unpaired) electrons. The molecule has 1 spiro atoms. The number of halogens is 2. The van der Waals surface area contributed by atoms with E-state index in [0.29, 0.717) is 17.1 Å². The van der Waals surface area contributed by atoms with Crippen molar-refractivity contribution in [2.45, 2.75) is 35.9 Å². The number of aryl methyl sites for hydroxylation is 1. The molecule has 0 saturated carbocycles. The summed E-state index contributed by atoms with van der Waals surface area (Å²) in [5.74, 6) is -3.17. The quantitative estimate of drug-likeness (QED) is 0.280. The van der Waals surface area contributed by atoms with Crippen molar-refractivity contribution in [3.63, 3.8) is 0 Å². The highest BCUT2D eigenvalue weighted by atomic mass is 79.9. The summed E-state index contributed by atoms with van der Waals surface area (Å²) in [6.07, 6.45) is 2.76. The Balaban J connectivity index is 1.80. The van der Waals surface area contributed by atoms with Gasteiger partial charge in [0.25, 0.3) is 5.91 Å². The second kappa shape index (κ2) is 10.0. The number of nitrogens with zero attached hydrogens (tertiary/aromatic N) is 2. The molecule has 2 amide bonds. The molecule has 2 bridgehead atoms. The third-order valence-corrected chi connectivity index (χ3v) is 8.17. The number of benzene rings is 1. The van der Waals surface area contributed by atoms with Gasteiger partial charge in [-0.25, -0.2) is 0 Å². The maximum absolute atomic E-state index is 14.3. The highest BCUT2D eigenvalue weighted by Crippen LogP contribution is 2.60. The molecule has 10 heteroatoms. The van der Waals surface area contributed by atoms with Crippen molar-refractivity contribution in [1.29, 1.82) is 0 Å². The molecule has 8 nitrogen and oxygen atoms in total. The standard InChI is InChI=1S/C25H28BrClN2O6/c1-4-9-28(19-14(3)7-6-8-16(19)27)23(32)21-25-13-15(26)20(35-25)17(24(33)34-12-5-2)18(25)22(31)29(21)10-11-30/h4-8,15,17-18,20-21,30H,1-2,9-13H2,3H3/t15?,17-,18-,20-,21?,25?/m0/s1. The number of aliphatic hydroxyl groups excluding tert-OH is 1. The fraction of sp³-hybridized carbons (Fsp3) is 0.480. The van der Waals surface area contributed by atoms with Crippen molar-refractivity contribution in [3.8, 4) is 0 Å². The van der Waals surface area contributed by atoms with Crippen LogP contribution in [0.2, 0.25) is 5.02 Å². The number of hydrogen-bond acceptors (Lipinski definition) is 6. The highest BCUT2D eigenvalue weighted by Gasteiger charge is 2.77. The van der Waals surface area contributed by atoms with Gasteiger partial charge in [0.05, 0.1) is 35.3 Å². The van der Waals surface area contributed by atoms with E-state index < -0.39 is 47.4 Å². The minimum absolute atomic E-state index is 0.00449. The number of rotatable bonds is 9. The number of carbonyl (C=O) groups is 3. The first-order valence-electron chi connectivity index (χ1n) is 11.4. The Bertz CT molecular complexity index is 1050. The number of amides is 2. The zero-order chi connectivity index (χ0) is 25.5. The predicted molar refractivity (Wildman–Crippen MR) is 134 cm³/mol. The van der Waals surface area contributed by atoms with Crippen molar-refractivity contribution in [3.05, 3.63) is 54.1 Å². The van der Waals surface area contributed by atoms with Gasteiger partial charge >= 0.3 is 5.97 Å². The Morgan fingerprint density at radius 2 is 2.14 bits per heavy atom. The second-order valence-electron chi connectivity index (χ2n) is 8.98. The lowest BCUT2D eigenvalue weighted by molar-refractivity contribution is -0.153. The number of ether oxygens (including phenoxy) is 2. The van der Waals surface area contributed by atoms with Gasteiger partial charge in [0.15, 0.2) is 0 Å². The van der Waals surface area contributed by atoms with Crippen LogP contribution in [-0.2, 0) is 23.9 Å². The number of β-amino-alcohol motifs (C(OH)–C–C–N with tert-alkyl or cyclic N) is 1. The molecule has 4 rings (SSSR count). The topological polar surface area (TPSA) is 96.4 Å². The molecule has 0 aliphatic carbocycles.